The van der Waals surface area contributed by atoms with Crippen LogP contribution in [0.2, 0.25) is 0 Å². The van der Waals surface area contributed by atoms with E-state index in [1.807, 2.05) is 6.07 Å². The lowest BCUT2D eigenvalue weighted by atomic mass is 9.97. The molecule has 1 amide bonds. The number of amides is 1. The monoisotopic (exact) mass is 331 g/mol. The van der Waals surface area contributed by atoms with Crippen LogP contribution in [0.3, 0.4) is 0 Å². The van der Waals surface area contributed by atoms with Crippen molar-refractivity contribution in [3.63, 3.8) is 0 Å². The Morgan fingerprint density at radius 1 is 1.29 bits per heavy atom. The molecule has 24 heavy (non-hydrogen) atoms. The smallest absolute Gasteiger partial charge is 0.323 e. The number of piperidine rings is 1. The lowest BCUT2D eigenvalue weighted by Crippen LogP contribution is -2.43. The van der Waals surface area contributed by atoms with E-state index in [4.69, 9.17) is 4.74 Å². The van der Waals surface area contributed by atoms with Crippen molar-refractivity contribution in [1.29, 1.82) is 0 Å². The van der Waals surface area contributed by atoms with Gasteiger partial charge >= 0.3 is 11.7 Å². The number of imidazole rings is 1. The standard InChI is InChI=1S/C17H21N3O4/c1-2-24-16(22)12-4-3-7-20(10-12)15(21)9-11-5-6-13-14(8-11)19-17(23)18-13/h5-6,8,12H,2-4,7,9-10H2,1H3,(H2,18,19,23). The van der Waals surface area contributed by atoms with E-state index >= 15 is 0 Å². The Balaban J connectivity index is 1.66. The number of esters is 1. The number of nitrogens with zero attached hydrogens (tertiary/aromatic N) is 1. The molecular weight excluding hydrogens is 310 g/mol. The summed E-state index contributed by atoms with van der Waals surface area (Å²) in [6.45, 7) is 3.22. The fourth-order valence-corrected chi connectivity index (χ4v) is 3.13. The molecule has 1 aliphatic rings. The minimum Gasteiger partial charge on any atom is -0.466 e. The molecule has 3 rings (SSSR count). The Labute approximate surface area is 139 Å². The third-order valence-electron chi connectivity index (χ3n) is 4.33. The number of carbonyl (C=O) groups is 2. The van der Waals surface area contributed by atoms with Crippen LogP contribution in [0.15, 0.2) is 23.0 Å². The van der Waals surface area contributed by atoms with Gasteiger partial charge in [0.15, 0.2) is 0 Å². The summed E-state index contributed by atoms with van der Waals surface area (Å²) in [7, 11) is 0. The van der Waals surface area contributed by atoms with Gasteiger partial charge in [-0.25, -0.2) is 4.79 Å². The topological polar surface area (TPSA) is 95.3 Å². The summed E-state index contributed by atoms with van der Waals surface area (Å²) in [6, 6.07) is 5.42. The predicted octanol–water partition coefficient (Wildman–Crippen LogP) is 1.20. The van der Waals surface area contributed by atoms with Gasteiger partial charge in [0.25, 0.3) is 0 Å². The zero-order chi connectivity index (χ0) is 17.1. The van der Waals surface area contributed by atoms with E-state index in [1.54, 1.807) is 24.0 Å². The Morgan fingerprint density at radius 2 is 2.08 bits per heavy atom. The van der Waals surface area contributed by atoms with E-state index in [1.165, 1.54) is 0 Å². The first kappa shape index (κ1) is 16.3. The first-order chi connectivity index (χ1) is 11.6. The average molecular weight is 331 g/mol. The molecule has 0 bridgehead atoms. The summed E-state index contributed by atoms with van der Waals surface area (Å²) in [4.78, 5) is 42.8. The second-order valence-electron chi connectivity index (χ2n) is 6.07. The van der Waals surface area contributed by atoms with E-state index < -0.39 is 0 Å². The van der Waals surface area contributed by atoms with Gasteiger partial charge in [-0.1, -0.05) is 6.07 Å². The lowest BCUT2D eigenvalue weighted by Gasteiger charge is -2.31. The molecule has 0 spiro atoms. The van der Waals surface area contributed by atoms with Gasteiger partial charge < -0.3 is 19.6 Å². The number of rotatable bonds is 4. The normalized spacial score (nSPS) is 17.9. The van der Waals surface area contributed by atoms with E-state index in [0.717, 1.165) is 23.9 Å². The van der Waals surface area contributed by atoms with Crippen molar-refractivity contribution in [2.24, 2.45) is 5.92 Å². The molecule has 2 N–H and O–H groups in total. The molecule has 1 aliphatic heterocycles. The van der Waals surface area contributed by atoms with Crippen LogP contribution in [0.4, 0.5) is 0 Å². The SMILES string of the molecule is CCOC(=O)C1CCCN(C(=O)Cc2ccc3[nH]c(=O)[nH]c3c2)C1. The number of H-pyrrole nitrogens is 2. The second kappa shape index (κ2) is 6.90. The molecule has 0 aliphatic carbocycles. The van der Waals surface area contributed by atoms with Gasteiger partial charge in [0, 0.05) is 13.1 Å². The molecule has 1 unspecified atom stereocenters. The number of carbonyl (C=O) groups excluding carboxylic acids is 2. The fraction of sp³-hybridized carbons (Fsp3) is 0.471. The van der Waals surface area contributed by atoms with Gasteiger partial charge in [0.2, 0.25) is 5.91 Å². The summed E-state index contributed by atoms with van der Waals surface area (Å²) < 4.78 is 5.06. The Bertz CT molecular complexity index is 808. The highest BCUT2D eigenvalue weighted by Crippen LogP contribution is 2.19. The number of nitrogens with one attached hydrogen (secondary N) is 2. The molecule has 1 atom stereocenters. The number of hydrogen-bond acceptors (Lipinski definition) is 4. The van der Waals surface area contributed by atoms with Crippen LogP contribution >= 0.6 is 0 Å². The van der Waals surface area contributed by atoms with Gasteiger partial charge in [-0.05, 0) is 37.5 Å². The van der Waals surface area contributed by atoms with Crippen molar-refractivity contribution < 1.29 is 14.3 Å². The minimum atomic E-state index is -0.262. The fourth-order valence-electron chi connectivity index (χ4n) is 3.13. The van der Waals surface area contributed by atoms with Crippen LogP contribution in [0.25, 0.3) is 11.0 Å². The maximum Gasteiger partial charge on any atom is 0.323 e. The van der Waals surface area contributed by atoms with Gasteiger partial charge in [0.05, 0.1) is 30.0 Å². The molecule has 0 radical (unpaired) electrons. The summed E-state index contributed by atoms with van der Waals surface area (Å²) in [5, 5.41) is 0. The molecule has 2 heterocycles. The third kappa shape index (κ3) is 3.50. The molecule has 1 saturated heterocycles. The molecule has 0 saturated carbocycles. The summed E-state index contributed by atoms with van der Waals surface area (Å²) in [5.41, 5.74) is 1.98. The van der Waals surface area contributed by atoms with E-state index in [9.17, 15) is 14.4 Å². The van der Waals surface area contributed by atoms with Gasteiger partial charge in [-0.2, -0.15) is 0 Å². The molecule has 1 aromatic carbocycles. The van der Waals surface area contributed by atoms with Crippen LogP contribution in [0.5, 0.6) is 0 Å². The van der Waals surface area contributed by atoms with E-state index in [-0.39, 0.29) is 29.9 Å². The van der Waals surface area contributed by atoms with Gasteiger partial charge in [-0.15, -0.1) is 0 Å². The number of benzene rings is 1. The Morgan fingerprint density at radius 3 is 2.88 bits per heavy atom. The van der Waals surface area contributed by atoms with E-state index in [0.29, 0.717) is 25.2 Å². The molecule has 1 fully saturated rings. The van der Waals surface area contributed by atoms with Crippen molar-refractivity contribution in [2.45, 2.75) is 26.2 Å². The predicted molar refractivity (Wildman–Crippen MR) is 88.6 cm³/mol. The molecule has 1 aromatic heterocycles. The van der Waals surface area contributed by atoms with E-state index in [2.05, 4.69) is 9.97 Å². The quantitative estimate of drug-likeness (QED) is 0.823. The van der Waals surface area contributed by atoms with Gasteiger partial charge in [0.1, 0.15) is 0 Å². The number of ether oxygens (including phenoxy) is 1. The zero-order valence-electron chi connectivity index (χ0n) is 13.6. The van der Waals surface area contributed by atoms with Crippen LogP contribution in [-0.4, -0.2) is 46.4 Å². The van der Waals surface area contributed by atoms with Crippen LogP contribution in [0.1, 0.15) is 25.3 Å². The summed E-state index contributed by atoms with van der Waals surface area (Å²) >= 11 is 0. The third-order valence-corrected chi connectivity index (χ3v) is 4.33. The molecule has 2 aromatic rings. The number of fused-ring (bicyclic) bond motifs is 1. The highest BCUT2D eigenvalue weighted by atomic mass is 16.5. The zero-order valence-corrected chi connectivity index (χ0v) is 13.6. The summed E-state index contributed by atoms with van der Waals surface area (Å²) in [5.74, 6) is -0.464. The molecule has 7 nitrogen and oxygen atoms in total. The number of hydrogen-bond donors (Lipinski definition) is 2. The van der Waals surface area contributed by atoms with Crippen molar-refractivity contribution >= 4 is 22.9 Å². The molecule has 128 valence electrons. The summed E-state index contributed by atoms with van der Waals surface area (Å²) in [6.07, 6.45) is 1.82. The Hall–Kier alpha value is -2.57. The average Bonchev–Trinajstić information content (AvgIpc) is 2.94. The van der Waals surface area contributed by atoms with Crippen molar-refractivity contribution in [3.8, 4) is 0 Å². The lowest BCUT2D eigenvalue weighted by molar-refractivity contribution is -0.151. The Kier molecular flexibility index (Phi) is 4.69. The van der Waals surface area contributed by atoms with Crippen molar-refractivity contribution in [2.75, 3.05) is 19.7 Å². The number of likely N-dealkylation sites (tertiary alicyclic amines) is 1. The van der Waals surface area contributed by atoms with Gasteiger partial charge in [-0.3, -0.25) is 9.59 Å². The maximum atomic E-state index is 12.5. The molecule has 7 heteroatoms. The van der Waals surface area contributed by atoms with Crippen LogP contribution in [0, 0.1) is 5.92 Å². The highest BCUT2D eigenvalue weighted by Gasteiger charge is 2.29. The van der Waals surface area contributed by atoms with Crippen LogP contribution < -0.4 is 5.69 Å². The first-order valence-electron chi connectivity index (χ1n) is 8.22. The highest BCUT2D eigenvalue weighted by molar-refractivity contribution is 5.82. The van der Waals surface area contributed by atoms with Crippen LogP contribution in [-0.2, 0) is 20.7 Å². The number of aromatic amines is 2. The van der Waals surface area contributed by atoms with Crippen molar-refractivity contribution in [1.82, 2.24) is 14.9 Å². The number of aromatic nitrogens is 2. The first-order valence-corrected chi connectivity index (χ1v) is 8.22. The largest absolute Gasteiger partial charge is 0.466 e. The second-order valence-corrected chi connectivity index (χ2v) is 6.07. The maximum absolute atomic E-state index is 12.5. The van der Waals surface area contributed by atoms with Crippen molar-refractivity contribution in [3.05, 3.63) is 34.2 Å². The molecular formula is C17H21N3O4. The minimum absolute atomic E-state index is 0.0127.